The van der Waals surface area contributed by atoms with Gasteiger partial charge in [-0.1, -0.05) is 12.7 Å². The van der Waals surface area contributed by atoms with E-state index in [9.17, 15) is 9.90 Å². The summed E-state index contributed by atoms with van der Waals surface area (Å²) in [5.41, 5.74) is -0.174. The maximum atomic E-state index is 10.6. The van der Waals surface area contributed by atoms with Gasteiger partial charge in [0, 0.05) is 0 Å². The molecule has 74 valence electrons. The van der Waals surface area contributed by atoms with E-state index in [1.54, 1.807) is 6.08 Å². The van der Waals surface area contributed by atoms with Gasteiger partial charge in [0.2, 0.25) is 0 Å². The smallest absolute Gasteiger partial charge is 0.339 e. The van der Waals surface area contributed by atoms with Crippen molar-refractivity contribution in [3.8, 4) is 11.5 Å². The first-order chi connectivity index (χ1) is 6.65. The quantitative estimate of drug-likeness (QED) is 0.715. The Kier molecular flexibility index (Phi) is 3.12. The van der Waals surface area contributed by atoms with E-state index in [0.717, 1.165) is 0 Å². The summed E-state index contributed by atoms with van der Waals surface area (Å²) < 4.78 is 5.11. The lowest BCUT2D eigenvalue weighted by Gasteiger charge is -2.05. The topological polar surface area (TPSA) is 66.8 Å². The molecule has 0 fully saturated rings. The number of carboxylic acid groups (broad SMARTS) is 1. The maximum absolute atomic E-state index is 10.6. The molecule has 2 N–H and O–H groups in total. The van der Waals surface area contributed by atoms with E-state index in [0.29, 0.717) is 12.4 Å². The molecule has 0 aliphatic heterocycles. The third kappa shape index (κ3) is 2.26. The minimum atomic E-state index is -1.19. The van der Waals surface area contributed by atoms with Gasteiger partial charge >= 0.3 is 5.97 Å². The fraction of sp³-hybridized carbons (Fsp3) is 0.100. The monoisotopic (exact) mass is 194 g/mol. The molecule has 0 spiro atoms. The molecule has 0 aliphatic carbocycles. The zero-order valence-corrected chi connectivity index (χ0v) is 7.43. The number of hydrogen-bond acceptors (Lipinski definition) is 3. The first kappa shape index (κ1) is 10.1. The molecule has 0 unspecified atom stereocenters. The SMILES string of the molecule is C=CCOc1ccc(O)c(C(=O)O)c1. The lowest BCUT2D eigenvalue weighted by atomic mass is 10.2. The maximum Gasteiger partial charge on any atom is 0.339 e. The van der Waals surface area contributed by atoms with Gasteiger partial charge in [-0.15, -0.1) is 0 Å². The average molecular weight is 194 g/mol. The van der Waals surface area contributed by atoms with Crippen LogP contribution in [0.2, 0.25) is 0 Å². The van der Waals surface area contributed by atoms with Gasteiger partial charge in [0.25, 0.3) is 0 Å². The molecule has 0 atom stereocenters. The van der Waals surface area contributed by atoms with Crippen molar-refractivity contribution in [1.82, 2.24) is 0 Å². The predicted molar refractivity (Wildman–Crippen MR) is 50.8 cm³/mol. The Labute approximate surface area is 81.1 Å². The fourth-order valence-electron chi connectivity index (χ4n) is 0.931. The molecule has 0 amide bonds. The Morgan fingerprint density at radius 1 is 1.57 bits per heavy atom. The third-order valence-electron chi connectivity index (χ3n) is 1.57. The van der Waals surface area contributed by atoms with Crippen LogP contribution in [0.5, 0.6) is 11.5 Å². The molecule has 0 saturated heterocycles. The lowest BCUT2D eigenvalue weighted by Crippen LogP contribution is -1.99. The van der Waals surface area contributed by atoms with Crippen molar-refractivity contribution in [2.75, 3.05) is 6.61 Å². The standard InChI is InChI=1S/C10H10O4/c1-2-5-14-7-3-4-9(11)8(6-7)10(12)13/h2-4,6,11H,1,5H2,(H,12,13). The molecule has 0 heterocycles. The molecule has 0 bridgehead atoms. The van der Waals surface area contributed by atoms with E-state index in [-0.39, 0.29) is 11.3 Å². The van der Waals surface area contributed by atoms with Crippen molar-refractivity contribution < 1.29 is 19.7 Å². The van der Waals surface area contributed by atoms with Crippen LogP contribution >= 0.6 is 0 Å². The fourth-order valence-corrected chi connectivity index (χ4v) is 0.931. The van der Waals surface area contributed by atoms with Crippen LogP contribution in [0.15, 0.2) is 30.9 Å². The summed E-state index contributed by atoms with van der Waals surface area (Å²) in [7, 11) is 0. The largest absolute Gasteiger partial charge is 0.507 e. The van der Waals surface area contributed by atoms with Crippen molar-refractivity contribution in [1.29, 1.82) is 0 Å². The number of phenols is 1. The van der Waals surface area contributed by atoms with Gasteiger partial charge in [-0.3, -0.25) is 0 Å². The van der Waals surface area contributed by atoms with Crippen molar-refractivity contribution in [2.24, 2.45) is 0 Å². The van der Waals surface area contributed by atoms with Crippen molar-refractivity contribution in [2.45, 2.75) is 0 Å². The normalized spacial score (nSPS) is 9.43. The molecule has 4 nitrogen and oxygen atoms in total. The van der Waals surface area contributed by atoms with Crippen molar-refractivity contribution in [3.63, 3.8) is 0 Å². The Morgan fingerprint density at radius 2 is 2.29 bits per heavy atom. The van der Waals surface area contributed by atoms with E-state index in [1.807, 2.05) is 0 Å². The second kappa shape index (κ2) is 4.32. The second-order valence-corrected chi connectivity index (χ2v) is 2.58. The van der Waals surface area contributed by atoms with Crippen LogP contribution in [0.4, 0.5) is 0 Å². The summed E-state index contributed by atoms with van der Waals surface area (Å²) in [5, 5.41) is 17.9. The number of carboxylic acids is 1. The highest BCUT2D eigenvalue weighted by Gasteiger charge is 2.10. The minimum Gasteiger partial charge on any atom is -0.507 e. The number of hydrogen-bond donors (Lipinski definition) is 2. The highest BCUT2D eigenvalue weighted by molar-refractivity contribution is 5.91. The van der Waals surface area contributed by atoms with Gasteiger partial charge in [-0.25, -0.2) is 4.79 Å². The van der Waals surface area contributed by atoms with Crippen LogP contribution in [-0.4, -0.2) is 22.8 Å². The molecule has 1 rings (SSSR count). The van der Waals surface area contributed by atoms with Gasteiger partial charge in [0.05, 0.1) is 0 Å². The molecule has 1 aromatic rings. The van der Waals surface area contributed by atoms with E-state index < -0.39 is 5.97 Å². The first-order valence-corrected chi connectivity index (χ1v) is 3.95. The summed E-state index contributed by atoms with van der Waals surface area (Å²) in [6, 6.07) is 4.04. The van der Waals surface area contributed by atoms with Crippen LogP contribution in [0, 0.1) is 0 Å². The molecular formula is C10H10O4. The predicted octanol–water partition coefficient (Wildman–Crippen LogP) is 1.66. The molecule has 0 aromatic heterocycles. The Balaban J connectivity index is 2.94. The zero-order valence-electron chi connectivity index (χ0n) is 7.43. The number of benzene rings is 1. The number of aromatic hydroxyl groups is 1. The van der Waals surface area contributed by atoms with Gasteiger partial charge < -0.3 is 14.9 Å². The van der Waals surface area contributed by atoms with Crippen molar-refractivity contribution >= 4 is 5.97 Å². The average Bonchev–Trinajstić information content (AvgIpc) is 2.16. The van der Waals surface area contributed by atoms with Crippen LogP contribution in [0.25, 0.3) is 0 Å². The van der Waals surface area contributed by atoms with Crippen LogP contribution < -0.4 is 4.74 Å². The Morgan fingerprint density at radius 3 is 2.86 bits per heavy atom. The van der Waals surface area contributed by atoms with Gasteiger partial charge in [0.1, 0.15) is 23.7 Å². The first-order valence-electron chi connectivity index (χ1n) is 3.95. The minimum absolute atomic E-state index is 0.174. The molecule has 14 heavy (non-hydrogen) atoms. The third-order valence-corrected chi connectivity index (χ3v) is 1.57. The second-order valence-electron chi connectivity index (χ2n) is 2.58. The molecule has 1 aromatic carbocycles. The van der Waals surface area contributed by atoms with Gasteiger partial charge in [-0.05, 0) is 18.2 Å². The molecule has 0 saturated carbocycles. The molecular weight excluding hydrogens is 184 g/mol. The summed E-state index contributed by atoms with van der Waals surface area (Å²) in [4.78, 5) is 10.6. The van der Waals surface area contributed by atoms with Gasteiger partial charge in [-0.2, -0.15) is 0 Å². The molecule has 0 radical (unpaired) electrons. The number of rotatable bonds is 4. The number of aromatic carboxylic acids is 1. The van der Waals surface area contributed by atoms with E-state index in [1.165, 1.54) is 18.2 Å². The number of carbonyl (C=O) groups is 1. The summed E-state index contributed by atoms with van der Waals surface area (Å²) >= 11 is 0. The summed E-state index contributed by atoms with van der Waals surface area (Å²) in [5.74, 6) is -1.07. The molecule has 4 heteroatoms. The van der Waals surface area contributed by atoms with E-state index >= 15 is 0 Å². The Bertz CT molecular complexity index is 357. The Hall–Kier alpha value is -1.97. The van der Waals surface area contributed by atoms with Crippen LogP contribution in [0.1, 0.15) is 10.4 Å². The van der Waals surface area contributed by atoms with E-state index in [2.05, 4.69) is 6.58 Å². The highest BCUT2D eigenvalue weighted by Crippen LogP contribution is 2.22. The summed E-state index contributed by atoms with van der Waals surface area (Å²) in [6.07, 6.45) is 1.55. The van der Waals surface area contributed by atoms with E-state index in [4.69, 9.17) is 9.84 Å². The van der Waals surface area contributed by atoms with Crippen LogP contribution in [0.3, 0.4) is 0 Å². The lowest BCUT2D eigenvalue weighted by molar-refractivity contribution is 0.0693. The zero-order chi connectivity index (χ0) is 10.6. The van der Waals surface area contributed by atoms with Gasteiger partial charge in [0.15, 0.2) is 0 Å². The van der Waals surface area contributed by atoms with Crippen molar-refractivity contribution in [3.05, 3.63) is 36.4 Å². The molecule has 0 aliphatic rings. The van der Waals surface area contributed by atoms with Crippen LogP contribution in [-0.2, 0) is 0 Å². The summed E-state index contributed by atoms with van der Waals surface area (Å²) in [6.45, 7) is 3.76. The number of ether oxygens (including phenoxy) is 1. The highest BCUT2D eigenvalue weighted by atomic mass is 16.5.